The maximum atomic E-state index is 13.1. The highest BCUT2D eigenvalue weighted by molar-refractivity contribution is 9.10. The maximum absolute atomic E-state index is 13.1. The van der Waals surface area contributed by atoms with Crippen LogP contribution in [0.2, 0.25) is 0 Å². The molecule has 7 heteroatoms. The van der Waals surface area contributed by atoms with E-state index in [4.69, 9.17) is 0 Å². The molecule has 1 aliphatic rings. The van der Waals surface area contributed by atoms with Crippen LogP contribution in [-0.4, -0.2) is 36.3 Å². The van der Waals surface area contributed by atoms with Crippen molar-refractivity contribution in [2.75, 3.05) is 11.9 Å². The highest BCUT2D eigenvalue weighted by Gasteiger charge is 2.37. The molecule has 0 spiro atoms. The van der Waals surface area contributed by atoms with Crippen LogP contribution >= 0.6 is 15.9 Å². The number of nitrogens with one attached hydrogen (secondary N) is 1. The Kier molecular flexibility index (Phi) is 5.27. The summed E-state index contributed by atoms with van der Waals surface area (Å²) in [6, 6.07) is 1.67. The third-order valence-corrected chi connectivity index (χ3v) is 6.41. The minimum absolute atomic E-state index is 0.0206. The standard InChI is InChI=1S/C14H22BrN3O2S/c1-4-16-14-13(8-12(15)9-17-14)21(19,20)18-10(2)6-5-7-11(18)3/h8-11H,4-7H2,1-3H3,(H,16,17). The first-order valence-corrected chi connectivity index (χ1v) is 9.54. The first kappa shape index (κ1) is 16.7. The van der Waals surface area contributed by atoms with Crippen LogP contribution in [0.25, 0.3) is 0 Å². The Labute approximate surface area is 135 Å². The molecular weight excluding hydrogens is 354 g/mol. The molecule has 1 saturated heterocycles. The van der Waals surface area contributed by atoms with Gasteiger partial charge in [-0.25, -0.2) is 13.4 Å². The Morgan fingerprint density at radius 3 is 2.57 bits per heavy atom. The summed E-state index contributed by atoms with van der Waals surface area (Å²) in [4.78, 5) is 4.46. The van der Waals surface area contributed by atoms with Gasteiger partial charge >= 0.3 is 0 Å². The molecule has 1 aromatic heterocycles. The summed E-state index contributed by atoms with van der Waals surface area (Å²) in [6.07, 6.45) is 4.49. The van der Waals surface area contributed by atoms with Crippen molar-refractivity contribution in [3.8, 4) is 0 Å². The number of rotatable bonds is 4. The van der Waals surface area contributed by atoms with Crippen LogP contribution in [0.5, 0.6) is 0 Å². The number of aromatic nitrogens is 1. The number of sulfonamides is 1. The van der Waals surface area contributed by atoms with Crippen LogP contribution in [0.3, 0.4) is 0 Å². The SMILES string of the molecule is CCNc1ncc(Br)cc1S(=O)(=O)N1C(C)CCCC1C. The van der Waals surface area contributed by atoms with Crippen LogP contribution in [0.15, 0.2) is 21.6 Å². The zero-order chi connectivity index (χ0) is 15.6. The van der Waals surface area contributed by atoms with Crippen molar-refractivity contribution in [1.29, 1.82) is 0 Å². The Balaban J connectivity index is 2.50. The average molecular weight is 376 g/mol. The number of hydrogen-bond donors (Lipinski definition) is 1. The molecule has 2 rings (SSSR count). The lowest BCUT2D eigenvalue weighted by Crippen LogP contribution is -2.47. The molecule has 0 aliphatic carbocycles. The molecular formula is C14H22BrN3O2S. The van der Waals surface area contributed by atoms with Gasteiger partial charge in [-0.2, -0.15) is 4.31 Å². The number of piperidine rings is 1. The van der Waals surface area contributed by atoms with E-state index in [2.05, 4.69) is 26.2 Å². The molecule has 0 radical (unpaired) electrons. The van der Waals surface area contributed by atoms with Gasteiger partial charge < -0.3 is 5.32 Å². The normalized spacial score (nSPS) is 24.0. The molecule has 2 heterocycles. The first-order chi connectivity index (χ1) is 9.87. The van der Waals surface area contributed by atoms with Crippen LogP contribution in [-0.2, 0) is 10.0 Å². The lowest BCUT2D eigenvalue weighted by Gasteiger charge is -2.37. The van der Waals surface area contributed by atoms with E-state index >= 15 is 0 Å². The first-order valence-electron chi connectivity index (χ1n) is 7.31. The Bertz CT molecular complexity index is 596. The van der Waals surface area contributed by atoms with Crippen LogP contribution in [0.1, 0.15) is 40.0 Å². The molecule has 21 heavy (non-hydrogen) atoms. The third kappa shape index (κ3) is 3.40. The van der Waals surface area contributed by atoms with Crippen molar-refractivity contribution < 1.29 is 8.42 Å². The smallest absolute Gasteiger partial charge is 0.247 e. The quantitative estimate of drug-likeness (QED) is 0.877. The van der Waals surface area contributed by atoms with E-state index in [1.165, 1.54) is 0 Å². The fourth-order valence-electron chi connectivity index (χ4n) is 2.90. The summed E-state index contributed by atoms with van der Waals surface area (Å²) in [5.74, 6) is 0.422. The molecule has 0 saturated carbocycles. The summed E-state index contributed by atoms with van der Waals surface area (Å²) >= 11 is 3.32. The molecule has 0 bridgehead atoms. The summed E-state index contributed by atoms with van der Waals surface area (Å²) in [5.41, 5.74) is 0. The van der Waals surface area contributed by atoms with Crippen molar-refractivity contribution in [3.05, 3.63) is 16.7 Å². The lowest BCUT2D eigenvalue weighted by atomic mass is 10.0. The van der Waals surface area contributed by atoms with Gasteiger partial charge in [0.2, 0.25) is 10.0 Å². The molecule has 118 valence electrons. The van der Waals surface area contributed by atoms with Gasteiger partial charge in [-0.3, -0.25) is 0 Å². The van der Waals surface area contributed by atoms with Gasteiger partial charge in [0, 0.05) is 29.3 Å². The van der Waals surface area contributed by atoms with Crippen molar-refractivity contribution in [2.45, 2.75) is 57.0 Å². The van der Waals surface area contributed by atoms with Gasteiger partial charge in [-0.05, 0) is 55.6 Å². The van der Waals surface area contributed by atoms with Gasteiger partial charge in [0.1, 0.15) is 10.7 Å². The van der Waals surface area contributed by atoms with Crippen molar-refractivity contribution in [3.63, 3.8) is 0 Å². The van der Waals surface area contributed by atoms with Crippen molar-refractivity contribution >= 4 is 31.8 Å². The largest absolute Gasteiger partial charge is 0.369 e. The van der Waals surface area contributed by atoms with Gasteiger partial charge in [-0.1, -0.05) is 6.42 Å². The zero-order valence-electron chi connectivity index (χ0n) is 12.6. The molecule has 2 atom stereocenters. The van der Waals surface area contributed by atoms with Gasteiger partial charge in [-0.15, -0.1) is 0 Å². The second-order valence-corrected chi connectivity index (χ2v) is 8.22. The molecule has 1 fully saturated rings. The maximum Gasteiger partial charge on any atom is 0.247 e. The number of halogens is 1. The van der Waals surface area contributed by atoms with E-state index in [-0.39, 0.29) is 17.0 Å². The molecule has 5 nitrogen and oxygen atoms in total. The summed E-state index contributed by atoms with van der Waals surface area (Å²) in [5, 5.41) is 3.04. The van der Waals surface area contributed by atoms with E-state index in [1.807, 2.05) is 20.8 Å². The highest BCUT2D eigenvalue weighted by Crippen LogP contribution is 2.33. The zero-order valence-corrected chi connectivity index (χ0v) is 15.0. The molecule has 1 aliphatic heterocycles. The van der Waals surface area contributed by atoms with Crippen molar-refractivity contribution in [1.82, 2.24) is 9.29 Å². The fraction of sp³-hybridized carbons (Fsp3) is 0.643. The van der Waals surface area contributed by atoms with E-state index in [0.717, 1.165) is 19.3 Å². The van der Waals surface area contributed by atoms with Crippen LogP contribution in [0, 0.1) is 0 Å². The summed E-state index contributed by atoms with van der Waals surface area (Å²) < 4.78 is 28.5. The van der Waals surface area contributed by atoms with Crippen LogP contribution < -0.4 is 5.32 Å². The predicted octanol–water partition coefficient (Wildman–Crippen LogP) is 3.23. The second kappa shape index (κ2) is 6.62. The number of nitrogens with zero attached hydrogens (tertiary/aromatic N) is 2. The summed E-state index contributed by atoms with van der Waals surface area (Å²) in [7, 11) is -3.56. The molecule has 1 N–H and O–H groups in total. The van der Waals surface area contributed by atoms with E-state index in [0.29, 0.717) is 16.8 Å². The predicted molar refractivity (Wildman–Crippen MR) is 87.9 cm³/mol. The highest BCUT2D eigenvalue weighted by atomic mass is 79.9. The number of pyridine rings is 1. The monoisotopic (exact) mass is 375 g/mol. The molecule has 0 aromatic carbocycles. The van der Waals surface area contributed by atoms with E-state index < -0.39 is 10.0 Å². The minimum atomic E-state index is -3.56. The number of hydrogen-bond acceptors (Lipinski definition) is 4. The van der Waals surface area contributed by atoms with Crippen LogP contribution in [0.4, 0.5) is 5.82 Å². The van der Waals surface area contributed by atoms with E-state index in [1.54, 1.807) is 16.6 Å². The fourth-order valence-corrected chi connectivity index (χ4v) is 5.42. The minimum Gasteiger partial charge on any atom is -0.369 e. The average Bonchev–Trinajstić information content (AvgIpc) is 2.40. The second-order valence-electron chi connectivity index (χ2n) is 5.49. The van der Waals surface area contributed by atoms with E-state index in [9.17, 15) is 8.42 Å². The Morgan fingerprint density at radius 2 is 2.00 bits per heavy atom. The Hall–Kier alpha value is -0.660. The molecule has 0 amide bonds. The lowest BCUT2D eigenvalue weighted by molar-refractivity contribution is 0.204. The van der Waals surface area contributed by atoms with Gasteiger partial charge in [0.15, 0.2) is 0 Å². The summed E-state index contributed by atoms with van der Waals surface area (Å²) in [6.45, 7) is 6.51. The third-order valence-electron chi connectivity index (χ3n) is 3.83. The molecule has 2 unspecified atom stereocenters. The van der Waals surface area contributed by atoms with Gasteiger partial charge in [0.25, 0.3) is 0 Å². The van der Waals surface area contributed by atoms with Gasteiger partial charge in [0.05, 0.1) is 0 Å². The van der Waals surface area contributed by atoms with Crippen molar-refractivity contribution in [2.24, 2.45) is 0 Å². The molecule has 1 aromatic rings. The topological polar surface area (TPSA) is 62.3 Å². The Morgan fingerprint density at radius 1 is 1.38 bits per heavy atom. The number of anilines is 1.